The molecule has 2 aliphatic rings. The van der Waals surface area contributed by atoms with Crippen molar-refractivity contribution in [2.75, 3.05) is 13.1 Å². The van der Waals surface area contributed by atoms with E-state index in [1.165, 1.54) is 38.8 Å². The minimum atomic E-state index is 0.785. The molecule has 1 nitrogen and oxygen atoms in total. The highest BCUT2D eigenvalue weighted by Crippen LogP contribution is 2.36. The summed E-state index contributed by atoms with van der Waals surface area (Å²) in [6, 6.07) is 12.0. The molecule has 2 atom stereocenters. The molecule has 17 heavy (non-hydrogen) atoms. The molecule has 0 radical (unpaired) electrons. The van der Waals surface area contributed by atoms with Crippen LogP contribution in [0, 0.1) is 5.92 Å². The van der Waals surface area contributed by atoms with E-state index in [4.69, 9.17) is 0 Å². The maximum absolute atomic E-state index is 2.74. The molecule has 1 saturated heterocycles. The molecule has 92 valence electrons. The predicted molar refractivity (Wildman–Crippen MR) is 72.2 cm³/mol. The molecule has 1 aromatic carbocycles. The molecule has 0 spiro atoms. The first-order valence-electron chi connectivity index (χ1n) is 7.13. The van der Waals surface area contributed by atoms with E-state index in [1.807, 2.05) is 0 Å². The standard InChI is InChI=1S/C16H23N/c1-13-12-17(15-8-5-9-15)11-10-16(13)14-6-3-2-4-7-14/h2-4,6-7,13,15-16H,5,8-12H2,1H3/t13-,16+/m1/s1. The van der Waals surface area contributed by atoms with Gasteiger partial charge in [0.15, 0.2) is 0 Å². The van der Waals surface area contributed by atoms with Crippen LogP contribution in [0.3, 0.4) is 0 Å². The number of hydrogen-bond acceptors (Lipinski definition) is 1. The van der Waals surface area contributed by atoms with E-state index in [0.29, 0.717) is 0 Å². The van der Waals surface area contributed by atoms with Crippen molar-refractivity contribution in [3.05, 3.63) is 35.9 Å². The Morgan fingerprint density at radius 2 is 1.82 bits per heavy atom. The lowest BCUT2D eigenvalue weighted by Crippen LogP contribution is -2.47. The van der Waals surface area contributed by atoms with Gasteiger partial charge in [-0.25, -0.2) is 0 Å². The van der Waals surface area contributed by atoms with Gasteiger partial charge >= 0.3 is 0 Å². The van der Waals surface area contributed by atoms with Gasteiger partial charge in [-0.15, -0.1) is 0 Å². The monoisotopic (exact) mass is 229 g/mol. The SMILES string of the molecule is C[C@@H]1CN(C2CCC2)CC[C@@H]1c1ccccc1. The summed E-state index contributed by atoms with van der Waals surface area (Å²) in [5.74, 6) is 1.60. The average Bonchev–Trinajstić information content (AvgIpc) is 2.28. The maximum atomic E-state index is 2.74. The number of rotatable bonds is 2. The third kappa shape index (κ3) is 2.26. The highest BCUT2D eigenvalue weighted by atomic mass is 15.2. The zero-order chi connectivity index (χ0) is 11.7. The molecule has 0 aromatic heterocycles. The van der Waals surface area contributed by atoms with Crippen LogP contribution >= 0.6 is 0 Å². The molecule has 1 aliphatic heterocycles. The lowest BCUT2D eigenvalue weighted by molar-refractivity contribution is 0.0712. The van der Waals surface area contributed by atoms with Gasteiger partial charge in [0.05, 0.1) is 0 Å². The molecule has 3 rings (SSSR count). The molecule has 1 aromatic rings. The number of piperidine rings is 1. The van der Waals surface area contributed by atoms with Crippen LogP contribution in [0.4, 0.5) is 0 Å². The van der Waals surface area contributed by atoms with Gasteiger partial charge in [0, 0.05) is 12.6 Å². The highest BCUT2D eigenvalue weighted by molar-refractivity contribution is 5.21. The maximum Gasteiger partial charge on any atom is 0.00954 e. The van der Waals surface area contributed by atoms with E-state index in [-0.39, 0.29) is 0 Å². The number of nitrogens with zero attached hydrogens (tertiary/aromatic N) is 1. The van der Waals surface area contributed by atoms with Gasteiger partial charge < -0.3 is 4.90 Å². The number of benzene rings is 1. The third-order valence-electron chi connectivity index (χ3n) is 4.76. The normalized spacial score (nSPS) is 31.1. The van der Waals surface area contributed by atoms with Gasteiger partial charge in [0.25, 0.3) is 0 Å². The summed E-state index contributed by atoms with van der Waals surface area (Å²) < 4.78 is 0. The largest absolute Gasteiger partial charge is 0.300 e. The topological polar surface area (TPSA) is 3.24 Å². The van der Waals surface area contributed by atoms with Crippen LogP contribution in [0.1, 0.15) is 44.1 Å². The molecule has 1 saturated carbocycles. The predicted octanol–water partition coefficient (Wildman–Crippen LogP) is 3.66. The molecule has 1 aliphatic carbocycles. The molecule has 2 fully saturated rings. The molecular formula is C16H23N. The highest BCUT2D eigenvalue weighted by Gasteiger charge is 2.32. The fourth-order valence-electron chi connectivity index (χ4n) is 3.46. The lowest BCUT2D eigenvalue weighted by Gasteiger charge is -2.44. The van der Waals surface area contributed by atoms with Crippen LogP contribution < -0.4 is 0 Å². The Balaban J connectivity index is 1.66. The minimum absolute atomic E-state index is 0.785. The van der Waals surface area contributed by atoms with Crippen molar-refractivity contribution in [3.8, 4) is 0 Å². The molecule has 1 heterocycles. The molecular weight excluding hydrogens is 206 g/mol. The number of likely N-dealkylation sites (tertiary alicyclic amines) is 1. The van der Waals surface area contributed by atoms with E-state index < -0.39 is 0 Å². The van der Waals surface area contributed by atoms with Crippen molar-refractivity contribution in [3.63, 3.8) is 0 Å². The Kier molecular flexibility index (Phi) is 3.19. The summed E-state index contributed by atoms with van der Waals surface area (Å²) in [7, 11) is 0. The minimum Gasteiger partial charge on any atom is -0.300 e. The fraction of sp³-hybridized carbons (Fsp3) is 0.625. The second kappa shape index (κ2) is 4.81. The van der Waals surface area contributed by atoms with Gasteiger partial charge in [-0.1, -0.05) is 43.7 Å². The zero-order valence-electron chi connectivity index (χ0n) is 10.8. The van der Waals surface area contributed by atoms with Crippen LogP contribution in [0.25, 0.3) is 0 Å². The summed E-state index contributed by atoms with van der Waals surface area (Å²) in [5, 5.41) is 0. The van der Waals surface area contributed by atoms with Crippen molar-refractivity contribution in [2.24, 2.45) is 5.92 Å². The van der Waals surface area contributed by atoms with Crippen LogP contribution in [0.15, 0.2) is 30.3 Å². The zero-order valence-corrected chi connectivity index (χ0v) is 10.8. The summed E-state index contributed by atoms with van der Waals surface area (Å²) in [5.41, 5.74) is 1.55. The van der Waals surface area contributed by atoms with Crippen LogP contribution in [-0.2, 0) is 0 Å². The van der Waals surface area contributed by atoms with Crippen LogP contribution in [-0.4, -0.2) is 24.0 Å². The van der Waals surface area contributed by atoms with Crippen LogP contribution in [0.2, 0.25) is 0 Å². The van der Waals surface area contributed by atoms with Crippen molar-refractivity contribution < 1.29 is 0 Å². The Morgan fingerprint density at radius 1 is 1.06 bits per heavy atom. The Labute approximate surface area is 105 Å². The van der Waals surface area contributed by atoms with Gasteiger partial charge in [-0.2, -0.15) is 0 Å². The Morgan fingerprint density at radius 3 is 2.41 bits per heavy atom. The molecule has 0 amide bonds. The first-order valence-corrected chi connectivity index (χ1v) is 7.13. The van der Waals surface area contributed by atoms with Gasteiger partial charge in [-0.3, -0.25) is 0 Å². The van der Waals surface area contributed by atoms with Gasteiger partial charge in [0.1, 0.15) is 0 Å². The first kappa shape index (κ1) is 11.3. The van der Waals surface area contributed by atoms with Crippen molar-refractivity contribution >= 4 is 0 Å². The molecule has 0 N–H and O–H groups in total. The van der Waals surface area contributed by atoms with Gasteiger partial charge in [-0.05, 0) is 43.2 Å². The third-order valence-corrected chi connectivity index (χ3v) is 4.76. The van der Waals surface area contributed by atoms with Gasteiger partial charge in [0.2, 0.25) is 0 Å². The molecule has 1 heteroatoms. The second-order valence-electron chi connectivity index (χ2n) is 5.86. The fourth-order valence-corrected chi connectivity index (χ4v) is 3.46. The van der Waals surface area contributed by atoms with E-state index in [0.717, 1.165) is 17.9 Å². The van der Waals surface area contributed by atoms with E-state index in [9.17, 15) is 0 Å². The second-order valence-corrected chi connectivity index (χ2v) is 5.86. The van der Waals surface area contributed by atoms with E-state index in [2.05, 4.69) is 42.2 Å². The molecule has 0 unspecified atom stereocenters. The summed E-state index contributed by atoms with van der Waals surface area (Å²) in [6.45, 7) is 5.06. The van der Waals surface area contributed by atoms with Crippen molar-refractivity contribution in [2.45, 2.75) is 44.6 Å². The summed E-state index contributed by atoms with van der Waals surface area (Å²) in [6.07, 6.45) is 5.70. The number of hydrogen-bond donors (Lipinski definition) is 0. The molecule has 0 bridgehead atoms. The quantitative estimate of drug-likeness (QED) is 0.748. The lowest BCUT2D eigenvalue weighted by atomic mass is 9.79. The van der Waals surface area contributed by atoms with E-state index >= 15 is 0 Å². The van der Waals surface area contributed by atoms with Crippen molar-refractivity contribution in [1.82, 2.24) is 4.90 Å². The van der Waals surface area contributed by atoms with E-state index in [1.54, 1.807) is 5.56 Å². The smallest absolute Gasteiger partial charge is 0.00954 e. The van der Waals surface area contributed by atoms with Crippen LogP contribution in [0.5, 0.6) is 0 Å². The summed E-state index contributed by atoms with van der Waals surface area (Å²) in [4.78, 5) is 2.74. The summed E-state index contributed by atoms with van der Waals surface area (Å²) >= 11 is 0. The Bertz CT molecular complexity index is 355. The Hall–Kier alpha value is -0.820. The van der Waals surface area contributed by atoms with Crippen molar-refractivity contribution in [1.29, 1.82) is 0 Å². The average molecular weight is 229 g/mol. The first-order chi connectivity index (χ1) is 8.34.